The summed E-state index contributed by atoms with van der Waals surface area (Å²) < 4.78 is 26.3. The molecule has 2 atom stereocenters. The van der Waals surface area contributed by atoms with Crippen molar-refractivity contribution < 1.29 is 22.5 Å². The van der Waals surface area contributed by atoms with Gasteiger partial charge in [0, 0.05) is 30.1 Å². The van der Waals surface area contributed by atoms with Crippen LogP contribution in [0.3, 0.4) is 0 Å². The van der Waals surface area contributed by atoms with E-state index in [4.69, 9.17) is 15.0 Å². The Bertz CT molecular complexity index is 645. The Hall–Kier alpha value is -1.16. The molecule has 0 aliphatic carbocycles. The second-order valence-corrected chi connectivity index (χ2v) is 7.40. The van der Waals surface area contributed by atoms with Crippen molar-refractivity contribution in [3.05, 3.63) is 29.3 Å². The Morgan fingerprint density at radius 3 is 2.68 bits per heavy atom. The molecule has 0 aromatic heterocycles. The molecule has 0 aliphatic rings. The average molecular weight is 437 g/mol. The summed E-state index contributed by atoms with van der Waals surface area (Å²) in [5, 5.41) is 9.57. The summed E-state index contributed by atoms with van der Waals surface area (Å²) in [5.74, 6) is -0.917. The molecular formula is C16H25BrN2O5S. The second kappa shape index (κ2) is 10.7. The molecule has 0 saturated heterocycles. The Balaban J connectivity index is 2.95. The monoisotopic (exact) mass is 436 g/mol. The molecule has 1 aromatic rings. The second-order valence-electron chi connectivity index (χ2n) is 5.95. The third-order valence-corrected chi connectivity index (χ3v) is 4.60. The lowest BCUT2D eigenvalue weighted by molar-refractivity contribution is -0.137. The molecule has 9 heteroatoms. The quantitative estimate of drug-likeness (QED) is 0.355. The molecule has 0 heterocycles. The average Bonchev–Trinajstić information content (AvgIpc) is 2.47. The molecule has 0 saturated carbocycles. The van der Waals surface area contributed by atoms with Crippen molar-refractivity contribution in [3.8, 4) is 0 Å². The van der Waals surface area contributed by atoms with Gasteiger partial charge in [-0.3, -0.25) is 8.98 Å². The number of carboxylic acid groups (broad SMARTS) is 1. The topological polar surface area (TPSA) is 110 Å². The van der Waals surface area contributed by atoms with E-state index in [1.807, 2.05) is 30.0 Å². The predicted octanol–water partition coefficient (Wildman–Crippen LogP) is 1.47. The van der Waals surface area contributed by atoms with Gasteiger partial charge in [-0.2, -0.15) is 0 Å². The molecule has 7 nitrogen and oxygen atoms in total. The number of hydrogen-bond donors (Lipinski definition) is 3. The first-order valence-electron chi connectivity index (χ1n) is 7.92. The van der Waals surface area contributed by atoms with Gasteiger partial charge in [-0.25, -0.2) is 8.42 Å². The molecule has 0 fully saturated rings. The molecule has 0 amide bonds. The van der Waals surface area contributed by atoms with Crippen molar-refractivity contribution >= 4 is 38.6 Å². The molecule has 142 valence electrons. The number of carbonyl (C=O) groups is 1. The van der Waals surface area contributed by atoms with Crippen molar-refractivity contribution in [1.29, 1.82) is 0 Å². The SMILES string of the molecule is Cc1ccc(N(CCBr)CC(C)O[SH](=O)=O)cc1C[C@H](N)CC(=O)O. The van der Waals surface area contributed by atoms with Crippen LogP contribution in [0.15, 0.2) is 18.2 Å². The Morgan fingerprint density at radius 2 is 2.12 bits per heavy atom. The van der Waals surface area contributed by atoms with Gasteiger partial charge in [-0.05, 0) is 43.5 Å². The van der Waals surface area contributed by atoms with Crippen LogP contribution < -0.4 is 10.6 Å². The third kappa shape index (κ3) is 8.17. The smallest absolute Gasteiger partial charge is 0.304 e. The van der Waals surface area contributed by atoms with E-state index in [0.29, 0.717) is 24.8 Å². The van der Waals surface area contributed by atoms with Crippen LogP contribution in [0, 0.1) is 6.92 Å². The minimum atomic E-state index is -2.89. The van der Waals surface area contributed by atoms with Gasteiger partial charge >= 0.3 is 5.97 Å². The van der Waals surface area contributed by atoms with Gasteiger partial charge in [0.25, 0.3) is 11.0 Å². The van der Waals surface area contributed by atoms with Crippen LogP contribution in [0.5, 0.6) is 0 Å². The third-order valence-electron chi connectivity index (χ3n) is 3.71. The van der Waals surface area contributed by atoms with E-state index in [1.165, 1.54) is 0 Å². The summed E-state index contributed by atoms with van der Waals surface area (Å²) in [4.78, 5) is 12.8. The number of benzene rings is 1. The van der Waals surface area contributed by atoms with Gasteiger partial charge in [-0.15, -0.1) is 0 Å². The van der Waals surface area contributed by atoms with E-state index in [2.05, 4.69) is 15.9 Å². The van der Waals surface area contributed by atoms with Gasteiger partial charge < -0.3 is 15.7 Å². The number of rotatable bonds is 11. The highest BCUT2D eigenvalue weighted by Crippen LogP contribution is 2.22. The summed E-state index contributed by atoms with van der Waals surface area (Å²) >= 11 is 3.40. The van der Waals surface area contributed by atoms with Crippen molar-refractivity contribution in [2.75, 3.05) is 23.3 Å². The zero-order valence-electron chi connectivity index (χ0n) is 14.4. The molecule has 1 aromatic carbocycles. The summed E-state index contributed by atoms with van der Waals surface area (Å²) in [6, 6.07) is 5.43. The molecule has 0 bridgehead atoms. The number of nitrogens with zero attached hydrogens (tertiary/aromatic N) is 1. The van der Waals surface area contributed by atoms with Crippen molar-refractivity contribution in [2.24, 2.45) is 5.73 Å². The van der Waals surface area contributed by atoms with E-state index in [0.717, 1.165) is 16.8 Å². The van der Waals surface area contributed by atoms with E-state index < -0.39 is 29.1 Å². The molecule has 1 rings (SSSR count). The first kappa shape index (κ1) is 21.9. The van der Waals surface area contributed by atoms with Crippen LogP contribution in [0.4, 0.5) is 5.69 Å². The van der Waals surface area contributed by atoms with Crippen molar-refractivity contribution in [1.82, 2.24) is 0 Å². The minimum Gasteiger partial charge on any atom is -0.481 e. The Kier molecular flexibility index (Phi) is 9.41. The van der Waals surface area contributed by atoms with Gasteiger partial charge in [0.2, 0.25) is 0 Å². The molecular weight excluding hydrogens is 412 g/mol. The minimum absolute atomic E-state index is 0.0871. The standard InChI is InChI=1S/C16H25BrN2O5S/c1-11-3-4-15(8-13(11)7-14(18)9-16(20)21)19(6-5-17)10-12(2)24-25(22)23/h3-4,8,12,14,25H,5-7,9-10,18H2,1-2H3,(H,20,21)/t12?,14-/m0/s1. The maximum Gasteiger partial charge on any atom is 0.304 e. The molecule has 1 unspecified atom stereocenters. The number of anilines is 1. The number of aliphatic carboxylic acids is 1. The number of alkyl halides is 1. The van der Waals surface area contributed by atoms with E-state index in [1.54, 1.807) is 6.92 Å². The lowest BCUT2D eigenvalue weighted by Crippen LogP contribution is -2.34. The number of carboxylic acids is 1. The van der Waals surface area contributed by atoms with Crippen LogP contribution in [0.1, 0.15) is 24.5 Å². The van der Waals surface area contributed by atoms with Crippen LogP contribution in [-0.2, 0) is 26.4 Å². The lowest BCUT2D eigenvalue weighted by atomic mass is 9.99. The molecule has 0 radical (unpaired) electrons. The molecule has 3 N–H and O–H groups in total. The highest BCUT2D eigenvalue weighted by molar-refractivity contribution is 9.09. The maximum atomic E-state index is 10.8. The molecule has 0 spiro atoms. The first-order chi connectivity index (χ1) is 11.7. The normalized spacial score (nSPS) is 13.6. The largest absolute Gasteiger partial charge is 0.481 e. The Labute approximate surface area is 158 Å². The number of aryl methyl sites for hydroxylation is 1. The van der Waals surface area contributed by atoms with Crippen LogP contribution in [-0.4, -0.2) is 50.1 Å². The van der Waals surface area contributed by atoms with Crippen molar-refractivity contribution in [3.63, 3.8) is 0 Å². The zero-order chi connectivity index (χ0) is 19.0. The summed E-state index contributed by atoms with van der Waals surface area (Å²) in [5.41, 5.74) is 8.84. The summed E-state index contributed by atoms with van der Waals surface area (Å²) in [7, 11) is -2.89. The van der Waals surface area contributed by atoms with E-state index in [9.17, 15) is 13.2 Å². The number of hydrogen-bond acceptors (Lipinski definition) is 6. The number of nitrogens with two attached hydrogens (primary N) is 1. The first-order valence-corrected chi connectivity index (χ1v) is 10.1. The molecule has 0 aliphatic heterocycles. The zero-order valence-corrected chi connectivity index (χ0v) is 16.8. The van der Waals surface area contributed by atoms with Gasteiger partial charge in [0.05, 0.1) is 12.5 Å². The van der Waals surface area contributed by atoms with E-state index >= 15 is 0 Å². The fourth-order valence-corrected chi connectivity index (χ4v) is 3.36. The summed E-state index contributed by atoms with van der Waals surface area (Å²) in [6.45, 7) is 4.74. The van der Waals surface area contributed by atoms with E-state index in [-0.39, 0.29) is 6.42 Å². The molecule has 25 heavy (non-hydrogen) atoms. The highest BCUT2D eigenvalue weighted by Gasteiger charge is 2.15. The fourth-order valence-electron chi connectivity index (χ4n) is 2.57. The summed E-state index contributed by atoms with van der Waals surface area (Å²) in [6.07, 6.45) is -0.0952. The van der Waals surface area contributed by atoms with Crippen LogP contribution in [0.2, 0.25) is 0 Å². The lowest BCUT2D eigenvalue weighted by Gasteiger charge is -2.27. The highest BCUT2D eigenvalue weighted by atomic mass is 79.9. The Morgan fingerprint density at radius 1 is 1.44 bits per heavy atom. The van der Waals surface area contributed by atoms with Crippen LogP contribution >= 0.6 is 15.9 Å². The van der Waals surface area contributed by atoms with Crippen LogP contribution in [0.25, 0.3) is 0 Å². The predicted molar refractivity (Wildman–Crippen MR) is 102 cm³/mol. The van der Waals surface area contributed by atoms with Gasteiger partial charge in [0.1, 0.15) is 0 Å². The number of halogens is 1. The van der Waals surface area contributed by atoms with Gasteiger partial charge in [0.15, 0.2) is 0 Å². The fraction of sp³-hybridized carbons (Fsp3) is 0.562. The number of thiol groups is 1. The van der Waals surface area contributed by atoms with Crippen molar-refractivity contribution in [2.45, 2.75) is 38.8 Å². The van der Waals surface area contributed by atoms with Gasteiger partial charge in [-0.1, -0.05) is 22.0 Å². The maximum absolute atomic E-state index is 10.8.